The second kappa shape index (κ2) is 6.79. The Kier molecular flexibility index (Phi) is 4.80. The molecule has 1 N–H and O–H groups in total. The monoisotopic (exact) mass is 388 g/mol. The van der Waals surface area contributed by atoms with Gasteiger partial charge in [-0.25, -0.2) is 0 Å². The summed E-state index contributed by atoms with van der Waals surface area (Å²) in [6.45, 7) is 5.53. The molecule has 8 unspecified atom stereocenters. The van der Waals surface area contributed by atoms with Crippen molar-refractivity contribution in [2.45, 2.75) is 65.4 Å². The number of allylic oxidation sites excluding steroid dienone is 2. The van der Waals surface area contributed by atoms with Crippen LogP contribution in [0, 0.1) is 40.4 Å². The van der Waals surface area contributed by atoms with Crippen molar-refractivity contribution < 1.29 is 24.2 Å². The Morgan fingerprint density at radius 3 is 2.64 bits per heavy atom. The molecule has 154 valence electrons. The predicted octanol–water partition coefficient (Wildman–Crippen LogP) is 3.09. The molecule has 4 rings (SSSR count). The van der Waals surface area contributed by atoms with Gasteiger partial charge in [-0.3, -0.25) is 14.4 Å². The molecule has 0 bridgehead atoms. The number of fused-ring (bicyclic) bond motifs is 5. The predicted molar refractivity (Wildman–Crippen MR) is 103 cm³/mol. The number of rotatable bonds is 3. The van der Waals surface area contributed by atoms with Crippen LogP contribution in [-0.2, 0) is 19.1 Å². The van der Waals surface area contributed by atoms with Crippen LogP contribution in [0.1, 0.15) is 59.3 Å². The average Bonchev–Trinajstić information content (AvgIpc) is 2.92. The molecule has 3 saturated carbocycles. The summed E-state index contributed by atoms with van der Waals surface area (Å²) in [4.78, 5) is 35.7. The molecule has 0 radical (unpaired) electrons. The highest BCUT2D eigenvalue weighted by Gasteiger charge is 2.62. The first-order chi connectivity index (χ1) is 13.2. The van der Waals surface area contributed by atoms with Crippen LogP contribution in [-0.4, -0.2) is 35.4 Å². The molecule has 5 nitrogen and oxygen atoms in total. The first kappa shape index (κ1) is 19.8. The molecular weight excluding hydrogens is 356 g/mol. The highest BCUT2D eigenvalue weighted by atomic mass is 16.5. The summed E-state index contributed by atoms with van der Waals surface area (Å²) in [5, 5.41) is 11.1. The molecule has 8 atom stereocenters. The number of esters is 1. The maximum absolute atomic E-state index is 12.6. The fourth-order valence-electron chi connectivity index (χ4n) is 7.03. The van der Waals surface area contributed by atoms with E-state index in [0.717, 1.165) is 19.3 Å². The molecule has 4 aliphatic carbocycles. The van der Waals surface area contributed by atoms with Gasteiger partial charge in [-0.05, 0) is 60.2 Å². The standard InChI is InChI=1S/C23H32O5/c1-13(24)28-12-20(26)17-11-19-16-5-4-14-10-15(25)6-8-22(14,2)18(16)7-9-23(19,3)21(17)27/h4-5,14,16-19,21,27H,6-12H2,1-3H3. The molecule has 0 aromatic heterocycles. The minimum absolute atomic E-state index is 0.138. The third-order valence-corrected chi connectivity index (χ3v) is 8.82. The topological polar surface area (TPSA) is 80.7 Å². The lowest BCUT2D eigenvalue weighted by Gasteiger charge is -2.57. The zero-order valence-corrected chi connectivity index (χ0v) is 17.1. The molecule has 0 saturated heterocycles. The zero-order valence-electron chi connectivity index (χ0n) is 17.1. The van der Waals surface area contributed by atoms with Gasteiger partial charge in [0.05, 0.1) is 6.10 Å². The van der Waals surface area contributed by atoms with E-state index in [1.165, 1.54) is 6.92 Å². The molecule has 5 heteroatoms. The van der Waals surface area contributed by atoms with Crippen LogP contribution in [0.3, 0.4) is 0 Å². The number of Topliss-reactive ketones (excluding diaryl/α,β-unsaturated/α-hetero) is 2. The molecule has 28 heavy (non-hydrogen) atoms. The minimum atomic E-state index is -0.687. The maximum atomic E-state index is 12.6. The summed E-state index contributed by atoms with van der Waals surface area (Å²) in [5.41, 5.74) is -0.144. The Morgan fingerprint density at radius 1 is 1.18 bits per heavy atom. The van der Waals surface area contributed by atoms with Crippen molar-refractivity contribution >= 4 is 17.5 Å². The van der Waals surface area contributed by atoms with Crippen LogP contribution in [0.2, 0.25) is 0 Å². The van der Waals surface area contributed by atoms with Gasteiger partial charge in [-0.1, -0.05) is 26.0 Å². The minimum Gasteiger partial charge on any atom is -0.458 e. The van der Waals surface area contributed by atoms with Crippen LogP contribution < -0.4 is 0 Å². The lowest BCUT2D eigenvalue weighted by atomic mass is 9.47. The Labute approximate surface area is 166 Å². The van der Waals surface area contributed by atoms with E-state index in [1.807, 2.05) is 0 Å². The van der Waals surface area contributed by atoms with Gasteiger partial charge < -0.3 is 9.84 Å². The Balaban J connectivity index is 1.59. The van der Waals surface area contributed by atoms with Gasteiger partial charge in [-0.2, -0.15) is 0 Å². The van der Waals surface area contributed by atoms with Crippen LogP contribution >= 0.6 is 0 Å². The van der Waals surface area contributed by atoms with Gasteiger partial charge in [-0.15, -0.1) is 0 Å². The second-order valence-corrected chi connectivity index (χ2v) is 10.1. The van der Waals surface area contributed by atoms with E-state index in [-0.39, 0.29) is 29.1 Å². The average molecular weight is 389 g/mol. The molecule has 0 aliphatic heterocycles. The van der Waals surface area contributed by atoms with Gasteiger partial charge in [0.15, 0.2) is 5.78 Å². The number of carbonyl (C=O) groups excluding carboxylic acids is 3. The van der Waals surface area contributed by atoms with E-state index in [2.05, 4.69) is 26.0 Å². The zero-order chi connectivity index (χ0) is 20.3. The van der Waals surface area contributed by atoms with Gasteiger partial charge in [0.1, 0.15) is 12.4 Å². The third kappa shape index (κ3) is 2.89. The van der Waals surface area contributed by atoms with Crippen molar-refractivity contribution in [3.05, 3.63) is 12.2 Å². The Bertz CT molecular complexity index is 727. The second-order valence-electron chi connectivity index (χ2n) is 10.1. The summed E-state index contributed by atoms with van der Waals surface area (Å²) < 4.78 is 4.91. The van der Waals surface area contributed by atoms with E-state index < -0.39 is 18.0 Å². The smallest absolute Gasteiger partial charge is 0.303 e. The van der Waals surface area contributed by atoms with Crippen molar-refractivity contribution in [2.24, 2.45) is 40.4 Å². The third-order valence-electron chi connectivity index (χ3n) is 8.82. The highest BCUT2D eigenvalue weighted by Crippen LogP contribution is 2.65. The first-order valence-electron chi connectivity index (χ1n) is 10.7. The highest BCUT2D eigenvalue weighted by molar-refractivity contribution is 5.85. The molecule has 0 spiro atoms. The van der Waals surface area contributed by atoms with Crippen molar-refractivity contribution in [1.29, 1.82) is 0 Å². The summed E-state index contributed by atoms with van der Waals surface area (Å²) in [7, 11) is 0. The van der Waals surface area contributed by atoms with Crippen molar-refractivity contribution in [3.63, 3.8) is 0 Å². The van der Waals surface area contributed by atoms with Gasteiger partial charge in [0.25, 0.3) is 0 Å². The van der Waals surface area contributed by atoms with Gasteiger partial charge in [0, 0.05) is 25.7 Å². The fourth-order valence-corrected chi connectivity index (χ4v) is 7.03. The number of ether oxygens (including phenoxy) is 1. The van der Waals surface area contributed by atoms with E-state index in [0.29, 0.717) is 42.8 Å². The Morgan fingerprint density at radius 2 is 1.93 bits per heavy atom. The van der Waals surface area contributed by atoms with Crippen molar-refractivity contribution in [2.75, 3.05) is 6.61 Å². The summed E-state index contributed by atoms with van der Waals surface area (Å²) in [5.74, 6) is 0.704. The van der Waals surface area contributed by atoms with Crippen LogP contribution in [0.25, 0.3) is 0 Å². The van der Waals surface area contributed by atoms with Crippen LogP contribution in [0.15, 0.2) is 12.2 Å². The first-order valence-corrected chi connectivity index (χ1v) is 10.7. The SMILES string of the molecule is CC(=O)OCC(=O)C1CC2C3C=CC4CC(=O)CCC4(C)C3CCC2(C)C1O. The number of aliphatic hydroxyl groups excluding tert-OH is 1. The van der Waals surface area contributed by atoms with E-state index in [9.17, 15) is 19.5 Å². The summed E-state index contributed by atoms with van der Waals surface area (Å²) in [6.07, 6.45) is 8.74. The molecule has 0 aromatic rings. The summed E-state index contributed by atoms with van der Waals surface area (Å²) >= 11 is 0. The van der Waals surface area contributed by atoms with Crippen molar-refractivity contribution in [1.82, 2.24) is 0 Å². The van der Waals surface area contributed by atoms with E-state index >= 15 is 0 Å². The molecule has 0 aromatic carbocycles. The van der Waals surface area contributed by atoms with Gasteiger partial charge in [0.2, 0.25) is 0 Å². The molecule has 0 amide bonds. The van der Waals surface area contributed by atoms with E-state index in [4.69, 9.17) is 4.74 Å². The number of hydrogen-bond acceptors (Lipinski definition) is 5. The van der Waals surface area contributed by atoms with Crippen molar-refractivity contribution in [3.8, 4) is 0 Å². The lowest BCUT2D eigenvalue weighted by Crippen LogP contribution is -2.52. The number of carbonyl (C=O) groups is 3. The maximum Gasteiger partial charge on any atom is 0.303 e. The molecule has 3 fully saturated rings. The van der Waals surface area contributed by atoms with Crippen LogP contribution in [0.5, 0.6) is 0 Å². The Hall–Kier alpha value is -1.49. The van der Waals surface area contributed by atoms with E-state index in [1.54, 1.807) is 0 Å². The molecule has 0 heterocycles. The van der Waals surface area contributed by atoms with Gasteiger partial charge >= 0.3 is 5.97 Å². The number of ketones is 2. The normalized spacial score (nSPS) is 47.1. The summed E-state index contributed by atoms with van der Waals surface area (Å²) in [6, 6.07) is 0. The number of aliphatic hydroxyl groups is 1. The fraction of sp³-hybridized carbons (Fsp3) is 0.783. The quantitative estimate of drug-likeness (QED) is 0.594. The molecular formula is C23H32O5. The lowest BCUT2D eigenvalue weighted by molar-refractivity contribution is -0.148. The largest absolute Gasteiger partial charge is 0.458 e. The number of hydrogen-bond donors (Lipinski definition) is 1. The molecule has 4 aliphatic rings. The van der Waals surface area contributed by atoms with Crippen LogP contribution in [0.4, 0.5) is 0 Å².